The Kier molecular flexibility index (Phi) is 6.51. The van der Waals surface area contributed by atoms with Crippen molar-refractivity contribution in [3.63, 3.8) is 0 Å². The Morgan fingerprint density at radius 2 is 2.00 bits per heavy atom. The van der Waals surface area contributed by atoms with Gasteiger partial charge in [0.15, 0.2) is 5.75 Å². The lowest BCUT2D eigenvalue weighted by Gasteiger charge is -2.16. The van der Waals surface area contributed by atoms with Gasteiger partial charge in [0.05, 0.1) is 24.4 Å². The van der Waals surface area contributed by atoms with E-state index in [2.05, 4.69) is 30.4 Å². The first-order valence-corrected chi connectivity index (χ1v) is 7.08. The van der Waals surface area contributed by atoms with Gasteiger partial charge in [-0.15, -0.1) is 13.2 Å². The van der Waals surface area contributed by atoms with Crippen molar-refractivity contribution in [3.05, 3.63) is 23.0 Å². The molecule has 0 bridgehead atoms. The van der Waals surface area contributed by atoms with Gasteiger partial charge >= 0.3 is 12.3 Å². The summed E-state index contributed by atoms with van der Waals surface area (Å²) < 4.78 is 71.1. The van der Waals surface area contributed by atoms with E-state index in [-0.39, 0.29) is 17.6 Å². The molecule has 0 radical (unpaired) electrons. The fourth-order valence-corrected chi connectivity index (χ4v) is 2.02. The van der Waals surface area contributed by atoms with Crippen LogP contribution in [0.4, 0.5) is 22.0 Å². The number of rotatable bonds is 6. The van der Waals surface area contributed by atoms with Crippen molar-refractivity contribution in [3.8, 4) is 5.75 Å². The molecule has 10 heteroatoms. The summed E-state index contributed by atoms with van der Waals surface area (Å²) in [6.07, 6.45) is -8.75. The molecule has 0 unspecified atom stereocenters. The molecule has 0 fully saturated rings. The summed E-state index contributed by atoms with van der Waals surface area (Å²) in [5.74, 6) is -1.78. The van der Waals surface area contributed by atoms with E-state index >= 15 is 0 Å². The molecule has 0 N–H and O–H groups in total. The number of pyridine rings is 1. The maximum Gasteiger partial charge on any atom is 0.573 e. The number of carbonyl (C=O) groups is 1. The Balaban J connectivity index is 3.28. The number of carbonyl (C=O) groups excluding carboxylic acids is 1. The zero-order valence-electron chi connectivity index (χ0n) is 11.2. The number of ether oxygens (including phenoxy) is 2. The normalized spacial score (nSPS) is 11.6. The largest absolute Gasteiger partial charge is 0.573 e. The zero-order valence-corrected chi connectivity index (χ0v) is 12.8. The van der Waals surface area contributed by atoms with Gasteiger partial charge in [-0.3, -0.25) is 9.78 Å². The van der Waals surface area contributed by atoms with Crippen LogP contribution in [0.3, 0.4) is 0 Å². The maximum absolute atomic E-state index is 12.9. The molecule has 1 heterocycles. The number of aromatic nitrogens is 1. The highest BCUT2D eigenvalue weighted by Gasteiger charge is 2.34. The Morgan fingerprint density at radius 3 is 2.45 bits per heavy atom. The van der Waals surface area contributed by atoms with E-state index in [4.69, 9.17) is 0 Å². The van der Waals surface area contributed by atoms with Gasteiger partial charge in [0, 0.05) is 10.9 Å². The first-order chi connectivity index (χ1) is 10.2. The quantitative estimate of drug-likeness (QED) is 0.419. The van der Waals surface area contributed by atoms with Crippen LogP contribution in [-0.4, -0.2) is 23.9 Å². The van der Waals surface area contributed by atoms with Crippen molar-refractivity contribution in [2.75, 3.05) is 6.61 Å². The lowest BCUT2D eigenvalue weighted by Crippen LogP contribution is -2.20. The maximum atomic E-state index is 12.9. The first kappa shape index (κ1) is 18.6. The molecular weight excluding hydrogens is 381 g/mol. The molecule has 0 atom stereocenters. The van der Waals surface area contributed by atoms with E-state index in [1.165, 1.54) is 6.92 Å². The number of alkyl halides is 6. The number of hydrogen-bond donors (Lipinski definition) is 0. The predicted molar refractivity (Wildman–Crippen MR) is 68.8 cm³/mol. The standard InChI is InChI=1S/C12H11BrF5NO3/c1-2-21-10(20)4-7-9(22-12(16,17)18)3-6(11(14)15)8(5-13)19-7/h3,11H,2,4-5H2,1H3. The van der Waals surface area contributed by atoms with Crippen LogP contribution in [-0.2, 0) is 21.3 Å². The third kappa shape index (κ3) is 5.39. The number of halogens is 6. The molecule has 0 saturated carbocycles. The van der Waals surface area contributed by atoms with Gasteiger partial charge in [-0.2, -0.15) is 0 Å². The Hall–Kier alpha value is -1.45. The van der Waals surface area contributed by atoms with E-state index in [1.54, 1.807) is 0 Å². The van der Waals surface area contributed by atoms with Crippen LogP contribution in [0.1, 0.15) is 30.3 Å². The number of hydrogen-bond acceptors (Lipinski definition) is 4. The molecule has 1 rings (SSSR count). The van der Waals surface area contributed by atoms with Gasteiger partial charge in [0.25, 0.3) is 6.43 Å². The Bertz CT molecular complexity index is 536. The average Bonchev–Trinajstić information content (AvgIpc) is 2.38. The summed E-state index contributed by atoms with van der Waals surface area (Å²) in [7, 11) is 0. The molecule has 4 nitrogen and oxygen atoms in total. The highest BCUT2D eigenvalue weighted by atomic mass is 79.9. The van der Waals surface area contributed by atoms with E-state index in [1.807, 2.05) is 0 Å². The van der Waals surface area contributed by atoms with Gasteiger partial charge < -0.3 is 9.47 Å². The van der Waals surface area contributed by atoms with Gasteiger partial charge in [-0.05, 0) is 13.0 Å². The lowest BCUT2D eigenvalue weighted by molar-refractivity contribution is -0.275. The van der Waals surface area contributed by atoms with Crippen LogP contribution in [0.15, 0.2) is 6.07 Å². The molecule has 0 aromatic carbocycles. The zero-order chi connectivity index (χ0) is 16.9. The molecule has 0 spiro atoms. The lowest BCUT2D eigenvalue weighted by atomic mass is 10.1. The van der Waals surface area contributed by atoms with Gasteiger partial charge in [0.1, 0.15) is 0 Å². The van der Waals surface area contributed by atoms with Gasteiger partial charge in [-0.1, -0.05) is 15.9 Å². The van der Waals surface area contributed by atoms with Crippen LogP contribution < -0.4 is 4.74 Å². The van der Waals surface area contributed by atoms with Crippen molar-refractivity contribution >= 4 is 21.9 Å². The van der Waals surface area contributed by atoms with E-state index in [9.17, 15) is 26.7 Å². The van der Waals surface area contributed by atoms with Crippen LogP contribution in [0.2, 0.25) is 0 Å². The van der Waals surface area contributed by atoms with Crippen LogP contribution in [0.5, 0.6) is 5.75 Å². The summed E-state index contributed by atoms with van der Waals surface area (Å²) in [4.78, 5) is 15.1. The van der Waals surface area contributed by atoms with Crippen LogP contribution in [0.25, 0.3) is 0 Å². The SMILES string of the molecule is CCOC(=O)Cc1nc(CBr)c(C(F)F)cc1OC(F)(F)F. The molecule has 22 heavy (non-hydrogen) atoms. The summed E-state index contributed by atoms with van der Waals surface area (Å²) in [5, 5.41) is -0.116. The second-order valence-electron chi connectivity index (χ2n) is 3.93. The summed E-state index contributed by atoms with van der Waals surface area (Å²) in [5.41, 5.74) is -1.30. The van der Waals surface area contributed by atoms with E-state index in [0.717, 1.165) is 0 Å². The second kappa shape index (κ2) is 7.70. The van der Waals surface area contributed by atoms with Crippen molar-refractivity contribution in [2.45, 2.75) is 31.5 Å². The van der Waals surface area contributed by atoms with E-state index in [0.29, 0.717) is 6.07 Å². The highest BCUT2D eigenvalue weighted by Crippen LogP contribution is 2.32. The molecule has 1 aromatic heterocycles. The topological polar surface area (TPSA) is 48.4 Å². The minimum absolute atomic E-state index is 0.0225. The molecule has 0 saturated heterocycles. The Labute approximate surface area is 130 Å². The summed E-state index contributed by atoms with van der Waals surface area (Å²) in [6, 6.07) is 0.538. The highest BCUT2D eigenvalue weighted by molar-refractivity contribution is 9.08. The van der Waals surface area contributed by atoms with Crippen molar-refractivity contribution < 1.29 is 36.2 Å². The molecular formula is C12H11BrF5NO3. The minimum atomic E-state index is -5.10. The molecule has 0 amide bonds. The van der Waals surface area contributed by atoms with Crippen LogP contribution in [0, 0.1) is 0 Å². The average molecular weight is 392 g/mol. The second-order valence-corrected chi connectivity index (χ2v) is 4.49. The third-order valence-electron chi connectivity index (χ3n) is 2.38. The molecule has 1 aromatic rings. The van der Waals surface area contributed by atoms with Gasteiger partial charge in [0.2, 0.25) is 0 Å². The summed E-state index contributed by atoms with van der Waals surface area (Å²) in [6.45, 7) is 1.54. The minimum Gasteiger partial charge on any atom is -0.466 e. The smallest absolute Gasteiger partial charge is 0.466 e. The molecule has 0 aliphatic carbocycles. The molecule has 124 valence electrons. The van der Waals surface area contributed by atoms with Crippen LogP contribution >= 0.6 is 15.9 Å². The fraction of sp³-hybridized carbons (Fsp3) is 0.500. The first-order valence-electron chi connectivity index (χ1n) is 5.96. The van der Waals surface area contributed by atoms with E-state index < -0.39 is 42.2 Å². The van der Waals surface area contributed by atoms with Crippen molar-refractivity contribution in [1.82, 2.24) is 4.98 Å². The predicted octanol–water partition coefficient (Wildman–Crippen LogP) is 3.92. The third-order valence-corrected chi connectivity index (χ3v) is 2.91. The Morgan fingerprint density at radius 1 is 1.36 bits per heavy atom. The van der Waals surface area contributed by atoms with Crippen molar-refractivity contribution in [1.29, 1.82) is 0 Å². The molecule has 0 aliphatic rings. The molecule has 0 aliphatic heterocycles. The summed E-state index contributed by atoms with van der Waals surface area (Å²) >= 11 is 2.92. The number of esters is 1. The monoisotopic (exact) mass is 391 g/mol. The fourth-order valence-electron chi connectivity index (χ4n) is 1.57. The number of nitrogens with zero attached hydrogens (tertiary/aromatic N) is 1. The van der Waals surface area contributed by atoms with Gasteiger partial charge in [-0.25, -0.2) is 8.78 Å². The van der Waals surface area contributed by atoms with Crippen molar-refractivity contribution in [2.24, 2.45) is 0 Å².